The summed E-state index contributed by atoms with van der Waals surface area (Å²) in [5.41, 5.74) is 0.779. The van der Waals surface area contributed by atoms with Crippen molar-refractivity contribution in [2.24, 2.45) is 17.8 Å². The Hall–Kier alpha value is -3.24. The second-order valence-corrected chi connectivity index (χ2v) is 15.1. The quantitative estimate of drug-likeness (QED) is 0.180. The van der Waals surface area contributed by atoms with Crippen molar-refractivity contribution < 1.29 is 28.2 Å². The van der Waals surface area contributed by atoms with E-state index >= 15 is 0 Å². The molecule has 0 saturated heterocycles. The molecular formula is C34H49N5O6S. The molecule has 11 nitrogen and oxygen atoms in total. The van der Waals surface area contributed by atoms with Crippen molar-refractivity contribution in [3.05, 3.63) is 54.6 Å². The summed E-state index contributed by atoms with van der Waals surface area (Å²) in [5.74, 6) is 0.147. The molecule has 4 rings (SSSR count). The summed E-state index contributed by atoms with van der Waals surface area (Å²) in [7, 11) is -2.39. The maximum atomic E-state index is 13.8. The Labute approximate surface area is 273 Å². The summed E-state index contributed by atoms with van der Waals surface area (Å²) < 4.78 is 29.9. The van der Waals surface area contributed by atoms with Crippen LogP contribution in [0.15, 0.2) is 49.1 Å². The molecule has 2 aromatic rings. The highest BCUT2D eigenvalue weighted by molar-refractivity contribution is 7.89. The Morgan fingerprint density at radius 3 is 2.43 bits per heavy atom. The topological polar surface area (TPSA) is 154 Å². The number of imidazole rings is 1. The first kappa shape index (κ1) is 35.6. The van der Waals surface area contributed by atoms with Gasteiger partial charge in [0.05, 0.1) is 30.1 Å². The molecule has 0 spiro atoms. The fourth-order valence-corrected chi connectivity index (χ4v) is 7.63. The van der Waals surface area contributed by atoms with E-state index in [1.54, 1.807) is 23.3 Å². The molecule has 2 aliphatic carbocycles. The van der Waals surface area contributed by atoms with Gasteiger partial charge in [-0.1, -0.05) is 62.4 Å². The second-order valence-electron chi connectivity index (χ2n) is 12.9. The molecule has 2 aliphatic rings. The number of sulfonamides is 1. The Morgan fingerprint density at radius 2 is 1.80 bits per heavy atom. The van der Waals surface area contributed by atoms with Gasteiger partial charge in [-0.2, -0.15) is 0 Å². The Bertz CT molecular complexity index is 1390. The number of hydrogen-bond acceptors (Lipinski definition) is 7. The fourth-order valence-electron chi connectivity index (χ4n) is 6.24. The number of carbonyl (C=O) groups excluding carboxylic acids is 2. The minimum atomic E-state index is -3.87. The monoisotopic (exact) mass is 655 g/mol. The van der Waals surface area contributed by atoms with Gasteiger partial charge in [-0.3, -0.25) is 9.59 Å². The molecule has 1 aromatic heterocycles. The van der Waals surface area contributed by atoms with E-state index < -0.39 is 57.8 Å². The molecule has 1 heterocycles. The molecule has 2 fully saturated rings. The highest BCUT2D eigenvalue weighted by Crippen LogP contribution is 2.36. The van der Waals surface area contributed by atoms with Gasteiger partial charge in [0.2, 0.25) is 21.8 Å². The van der Waals surface area contributed by atoms with Crippen LogP contribution in [0.1, 0.15) is 63.4 Å². The number of rotatable bonds is 18. The van der Waals surface area contributed by atoms with Crippen molar-refractivity contribution in [3.8, 4) is 12.3 Å². The van der Waals surface area contributed by atoms with E-state index in [4.69, 9.17) is 6.42 Å². The van der Waals surface area contributed by atoms with Crippen LogP contribution in [0.5, 0.6) is 0 Å². The highest BCUT2D eigenvalue weighted by Gasteiger charge is 2.40. The largest absolute Gasteiger partial charge is 0.390 e. The van der Waals surface area contributed by atoms with E-state index in [-0.39, 0.29) is 25.3 Å². The number of amides is 2. The van der Waals surface area contributed by atoms with Crippen molar-refractivity contribution in [2.75, 3.05) is 19.3 Å². The van der Waals surface area contributed by atoms with Crippen LogP contribution in [-0.2, 0) is 32.6 Å². The van der Waals surface area contributed by atoms with Gasteiger partial charge in [0.15, 0.2) is 0 Å². The summed E-state index contributed by atoms with van der Waals surface area (Å²) in [4.78, 5) is 31.4. The van der Waals surface area contributed by atoms with Gasteiger partial charge in [-0.15, -0.1) is 12.3 Å². The normalized spacial score (nSPS) is 19.0. The first-order chi connectivity index (χ1) is 22.1. The molecule has 12 heteroatoms. The van der Waals surface area contributed by atoms with Gasteiger partial charge in [-0.05, 0) is 43.1 Å². The molecular weight excluding hydrogens is 606 g/mol. The van der Waals surface area contributed by atoms with Crippen molar-refractivity contribution in [2.45, 2.75) is 95.0 Å². The third-order valence-corrected chi connectivity index (χ3v) is 11.2. The summed E-state index contributed by atoms with van der Waals surface area (Å²) in [6.45, 7) is 0.594. The molecule has 5 atom stereocenters. The number of aromatic nitrogens is 2. The molecule has 4 N–H and O–H groups in total. The minimum Gasteiger partial charge on any atom is -0.390 e. The van der Waals surface area contributed by atoms with Crippen LogP contribution in [0.3, 0.4) is 0 Å². The van der Waals surface area contributed by atoms with Crippen LogP contribution in [0.4, 0.5) is 0 Å². The maximum absolute atomic E-state index is 13.8. The standard InChI is InChI=1S/C34H49N5O6S/c1-3-10-29(34(43)37-30(22-26-13-8-5-9-14-26)32(41)31(40)27-15-16-27)36-33(42)28(21-25-11-6-4-7-12-25)23-46(44,45)38(2)19-20-39-18-17-35-24-39/h1,4,6-7,11-12,17-18,24,26-32,40-41H,5,8-10,13-16,19-23H2,2H3,(H,36,42)(H,37,43)/t28-,29+,30?,31+,32-/m1/s1. The number of aliphatic hydroxyl groups excluding tert-OH is 2. The van der Waals surface area contributed by atoms with Gasteiger partial charge < -0.3 is 25.4 Å². The summed E-state index contributed by atoms with van der Waals surface area (Å²) >= 11 is 0. The molecule has 252 valence electrons. The van der Waals surface area contributed by atoms with Crippen molar-refractivity contribution in [3.63, 3.8) is 0 Å². The number of likely N-dealkylation sites (N-methyl/N-ethyl adjacent to an activating group) is 1. The van der Waals surface area contributed by atoms with Gasteiger partial charge in [0.1, 0.15) is 12.1 Å². The average Bonchev–Trinajstić information content (AvgIpc) is 3.77. The first-order valence-electron chi connectivity index (χ1n) is 16.4. The summed E-state index contributed by atoms with van der Waals surface area (Å²) in [5, 5.41) is 27.5. The van der Waals surface area contributed by atoms with E-state index in [0.717, 1.165) is 50.5 Å². The molecule has 0 radical (unpaired) electrons. The molecule has 2 saturated carbocycles. The molecule has 0 bridgehead atoms. The fraction of sp³-hybridized carbons (Fsp3) is 0.618. The van der Waals surface area contributed by atoms with E-state index in [0.29, 0.717) is 18.9 Å². The van der Waals surface area contributed by atoms with Crippen LogP contribution in [0.25, 0.3) is 0 Å². The Balaban J connectivity index is 1.47. The Morgan fingerprint density at radius 1 is 1.09 bits per heavy atom. The number of aliphatic hydroxyl groups is 2. The van der Waals surface area contributed by atoms with E-state index in [1.807, 2.05) is 30.3 Å². The van der Waals surface area contributed by atoms with Crippen molar-refractivity contribution >= 4 is 21.8 Å². The smallest absolute Gasteiger partial charge is 0.243 e. The van der Waals surface area contributed by atoms with Gasteiger partial charge >= 0.3 is 0 Å². The zero-order valence-electron chi connectivity index (χ0n) is 26.7. The number of nitrogens with zero attached hydrogens (tertiary/aromatic N) is 3. The second kappa shape index (κ2) is 17.1. The van der Waals surface area contributed by atoms with Gasteiger partial charge in [0, 0.05) is 39.0 Å². The Kier molecular flexibility index (Phi) is 13.2. The first-order valence-corrected chi connectivity index (χ1v) is 18.0. The van der Waals surface area contributed by atoms with Crippen LogP contribution < -0.4 is 10.6 Å². The highest BCUT2D eigenvalue weighted by atomic mass is 32.2. The number of carbonyl (C=O) groups is 2. The van der Waals surface area contributed by atoms with Crippen LogP contribution in [0, 0.1) is 30.1 Å². The third kappa shape index (κ3) is 10.7. The predicted molar refractivity (Wildman–Crippen MR) is 176 cm³/mol. The maximum Gasteiger partial charge on any atom is 0.243 e. The number of benzene rings is 1. The van der Waals surface area contributed by atoms with E-state index in [2.05, 4.69) is 21.5 Å². The lowest BCUT2D eigenvalue weighted by Crippen LogP contribution is -2.56. The van der Waals surface area contributed by atoms with Crippen LogP contribution >= 0.6 is 0 Å². The third-order valence-electron chi connectivity index (χ3n) is 9.28. The lowest BCUT2D eigenvalue weighted by molar-refractivity contribution is -0.132. The molecule has 2 amide bonds. The average molecular weight is 656 g/mol. The van der Waals surface area contributed by atoms with Gasteiger partial charge in [0.25, 0.3) is 0 Å². The molecule has 0 aliphatic heterocycles. The zero-order valence-corrected chi connectivity index (χ0v) is 27.5. The molecule has 1 aromatic carbocycles. The van der Waals surface area contributed by atoms with Crippen molar-refractivity contribution in [1.29, 1.82) is 0 Å². The van der Waals surface area contributed by atoms with Crippen LogP contribution in [-0.4, -0.2) is 87.9 Å². The van der Waals surface area contributed by atoms with E-state index in [1.165, 1.54) is 11.4 Å². The predicted octanol–water partition coefficient (Wildman–Crippen LogP) is 2.10. The SMILES string of the molecule is C#CC[C@H](NC(=O)[C@H](Cc1ccccc1)CS(=O)(=O)N(C)CCn1ccnc1)C(=O)NC(CC1CCCCC1)[C@@H](O)[C@@H](O)C1CC1. The number of hydrogen-bond donors (Lipinski definition) is 4. The van der Waals surface area contributed by atoms with E-state index in [9.17, 15) is 28.2 Å². The number of terminal acetylenes is 1. The van der Waals surface area contributed by atoms with Crippen LogP contribution in [0.2, 0.25) is 0 Å². The molecule has 46 heavy (non-hydrogen) atoms. The van der Waals surface area contributed by atoms with Gasteiger partial charge in [-0.25, -0.2) is 17.7 Å². The lowest BCUT2D eigenvalue weighted by Gasteiger charge is -2.33. The minimum absolute atomic E-state index is 0.0146. The number of nitrogens with one attached hydrogen (secondary N) is 2. The molecule has 1 unspecified atom stereocenters. The summed E-state index contributed by atoms with van der Waals surface area (Å²) in [6, 6.07) is 7.28. The van der Waals surface area contributed by atoms with Crippen molar-refractivity contribution in [1.82, 2.24) is 24.5 Å². The summed E-state index contributed by atoms with van der Waals surface area (Å²) in [6.07, 6.45) is 16.0. The zero-order chi connectivity index (χ0) is 33.1. The lowest BCUT2D eigenvalue weighted by atomic mass is 9.82.